The van der Waals surface area contributed by atoms with Crippen molar-refractivity contribution in [2.45, 2.75) is 30.7 Å². The maximum absolute atomic E-state index is 12.7. The van der Waals surface area contributed by atoms with Crippen molar-refractivity contribution in [2.24, 2.45) is 0 Å². The van der Waals surface area contributed by atoms with Crippen LogP contribution >= 0.6 is 11.5 Å². The minimum Gasteiger partial charge on any atom is -0.497 e. The molecule has 0 aliphatic rings. The van der Waals surface area contributed by atoms with Crippen LogP contribution in [0.4, 0.5) is 5.13 Å². The molecule has 0 amide bonds. The van der Waals surface area contributed by atoms with Crippen LogP contribution in [0.1, 0.15) is 24.7 Å². The van der Waals surface area contributed by atoms with E-state index < -0.39 is 10.0 Å². The molecule has 10 heteroatoms. The highest BCUT2D eigenvalue weighted by atomic mass is 32.2. The molecule has 0 bridgehead atoms. The number of hydrogen-bond donors (Lipinski definition) is 2. The van der Waals surface area contributed by atoms with Gasteiger partial charge in [0, 0.05) is 30.5 Å². The van der Waals surface area contributed by atoms with Gasteiger partial charge in [0.1, 0.15) is 17.3 Å². The maximum atomic E-state index is 12.7. The molecule has 1 aromatic heterocycles. The van der Waals surface area contributed by atoms with Crippen molar-refractivity contribution in [3.8, 4) is 11.5 Å². The first kappa shape index (κ1) is 23.0. The van der Waals surface area contributed by atoms with E-state index in [1.807, 2.05) is 31.2 Å². The SMILES string of the molecule is CCC(CNc1nc(Cc2cccc(OC)c2)ns1)NS(=O)(=O)c1ccc(OC)cc1. The topological polar surface area (TPSA) is 102 Å². The molecule has 2 N–H and O–H groups in total. The van der Waals surface area contributed by atoms with E-state index >= 15 is 0 Å². The van der Waals surface area contributed by atoms with E-state index in [1.165, 1.54) is 30.8 Å². The molecular formula is C21H26N4O4S2. The molecule has 1 heterocycles. The van der Waals surface area contributed by atoms with Gasteiger partial charge in [0.05, 0.1) is 19.1 Å². The van der Waals surface area contributed by atoms with Crippen molar-refractivity contribution < 1.29 is 17.9 Å². The molecule has 31 heavy (non-hydrogen) atoms. The van der Waals surface area contributed by atoms with E-state index in [4.69, 9.17) is 9.47 Å². The molecule has 2 aromatic carbocycles. The lowest BCUT2D eigenvalue weighted by Gasteiger charge is -2.17. The number of sulfonamides is 1. The highest BCUT2D eigenvalue weighted by molar-refractivity contribution is 7.89. The van der Waals surface area contributed by atoms with Gasteiger partial charge in [-0.2, -0.15) is 4.37 Å². The summed E-state index contributed by atoms with van der Waals surface area (Å²) < 4.78 is 42.8. The first-order valence-electron chi connectivity index (χ1n) is 9.79. The molecule has 166 valence electrons. The Morgan fingerprint density at radius 3 is 2.48 bits per heavy atom. The van der Waals surface area contributed by atoms with Crippen molar-refractivity contribution in [3.05, 3.63) is 59.9 Å². The number of benzene rings is 2. The van der Waals surface area contributed by atoms with Gasteiger partial charge in [0.15, 0.2) is 0 Å². The van der Waals surface area contributed by atoms with Gasteiger partial charge < -0.3 is 14.8 Å². The van der Waals surface area contributed by atoms with Crippen molar-refractivity contribution in [2.75, 3.05) is 26.1 Å². The average molecular weight is 463 g/mol. The maximum Gasteiger partial charge on any atom is 0.240 e. The molecule has 8 nitrogen and oxygen atoms in total. The molecule has 0 saturated carbocycles. The zero-order chi connectivity index (χ0) is 22.3. The Bertz CT molecular complexity index is 1080. The lowest BCUT2D eigenvalue weighted by atomic mass is 10.1. The highest BCUT2D eigenvalue weighted by Gasteiger charge is 2.19. The van der Waals surface area contributed by atoms with E-state index in [9.17, 15) is 8.42 Å². The van der Waals surface area contributed by atoms with Crippen molar-refractivity contribution in [1.29, 1.82) is 0 Å². The summed E-state index contributed by atoms with van der Waals surface area (Å²) in [5.74, 6) is 2.10. The van der Waals surface area contributed by atoms with Crippen LogP contribution in [-0.2, 0) is 16.4 Å². The standard InChI is InChI=1S/C21H26N4O4S2/c1-4-16(25-31(26,27)19-10-8-17(28-2)9-11-19)14-22-21-23-20(24-30-21)13-15-6-5-7-18(12-15)29-3/h5-12,16,25H,4,13-14H2,1-3H3,(H,22,23,24). The van der Waals surface area contributed by atoms with E-state index in [0.717, 1.165) is 11.3 Å². The summed E-state index contributed by atoms with van der Waals surface area (Å²) in [4.78, 5) is 4.70. The normalized spacial score (nSPS) is 12.4. The number of methoxy groups -OCH3 is 2. The van der Waals surface area contributed by atoms with Crippen molar-refractivity contribution in [1.82, 2.24) is 14.1 Å². The quantitative estimate of drug-likeness (QED) is 0.451. The first-order chi connectivity index (χ1) is 14.9. The molecule has 1 atom stereocenters. The lowest BCUT2D eigenvalue weighted by molar-refractivity contribution is 0.414. The monoisotopic (exact) mass is 462 g/mol. The second kappa shape index (κ2) is 10.6. The summed E-state index contributed by atoms with van der Waals surface area (Å²) in [6, 6.07) is 13.8. The highest BCUT2D eigenvalue weighted by Crippen LogP contribution is 2.19. The lowest BCUT2D eigenvalue weighted by Crippen LogP contribution is -2.39. The van der Waals surface area contributed by atoms with Crippen LogP contribution in [0.2, 0.25) is 0 Å². The van der Waals surface area contributed by atoms with Gasteiger partial charge in [-0.3, -0.25) is 0 Å². The van der Waals surface area contributed by atoms with Gasteiger partial charge in [0.25, 0.3) is 0 Å². The third-order valence-corrected chi connectivity index (χ3v) is 6.90. The van der Waals surface area contributed by atoms with Gasteiger partial charge in [-0.05, 0) is 48.4 Å². The predicted octanol–water partition coefficient (Wildman–Crippen LogP) is 3.32. The van der Waals surface area contributed by atoms with Gasteiger partial charge in [0.2, 0.25) is 15.2 Å². The van der Waals surface area contributed by atoms with Crippen LogP contribution < -0.4 is 19.5 Å². The third kappa shape index (κ3) is 6.39. The molecule has 0 fully saturated rings. The summed E-state index contributed by atoms with van der Waals surface area (Å²) in [6.07, 6.45) is 1.22. The van der Waals surface area contributed by atoms with E-state index in [0.29, 0.717) is 36.1 Å². The summed E-state index contributed by atoms with van der Waals surface area (Å²) in [6.45, 7) is 2.33. The van der Waals surface area contributed by atoms with Crippen molar-refractivity contribution in [3.63, 3.8) is 0 Å². The fraction of sp³-hybridized carbons (Fsp3) is 0.333. The Morgan fingerprint density at radius 2 is 1.81 bits per heavy atom. The fourth-order valence-corrected chi connectivity index (χ4v) is 4.80. The summed E-state index contributed by atoms with van der Waals surface area (Å²) in [5.41, 5.74) is 1.06. The Morgan fingerprint density at radius 1 is 1.06 bits per heavy atom. The molecule has 3 aromatic rings. The Kier molecular flexibility index (Phi) is 7.83. The number of nitrogens with one attached hydrogen (secondary N) is 2. The van der Waals surface area contributed by atoms with Crippen LogP contribution in [0.3, 0.4) is 0 Å². The number of anilines is 1. The molecular weight excluding hydrogens is 436 g/mol. The average Bonchev–Trinajstić information content (AvgIpc) is 3.23. The number of rotatable bonds is 11. The van der Waals surface area contributed by atoms with E-state index in [-0.39, 0.29) is 10.9 Å². The number of hydrogen-bond acceptors (Lipinski definition) is 8. The molecule has 0 aliphatic carbocycles. The van der Waals surface area contributed by atoms with Crippen LogP contribution in [-0.4, -0.2) is 44.6 Å². The van der Waals surface area contributed by atoms with Crippen molar-refractivity contribution >= 4 is 26.7 Å². The third-order valence-electron chi connectivity index (χ3n) is 4.65. The Hall–Kier alpha value is -2.69. The predicted molar refractivity (Wildman–Crippen MR) is 122 cm³/mol. The van der Waals surface area contributed by atoms with Gasteiger partial charge in [-0.1, -0.05) is 19.1 Å². The van der Waals surface area contributed by atoms with Gasteiger partial charge in [-0.25, -0.2) is 18.1 Å². The molecule has 1 unspecified atom stereocenters. The van der Waals surface area contributed by atoms with E-state index in [1.54, 1.807) is 19.2 Å². The zero-order valence-corrected chi connectivity index (χ0v) is 19.3. The minimum absolute atomic E-state index is 0.197. The summed E-state index contributed by atoms with van der Waals surface area (Å²) >= 11 is 1.26. The van der Waals surface area contributed by atoms with Crippen LogP contribution in [0.15, 0.2) is 53.4 Å². The van der Waals surface area contributed by atoms with Crippen LogP contribution in [0.25, 0.3) is 0 Å². The number of nitrogens with zero attached hydrogens (tertiary/aromatic N) is 2. The minimum atomic E-state index is -3.63. The fourth-order valence-electron chi connectivity index (χ4n) is 2.88. The smallest absolute Gasteiger partial charge is 0.240 e. The molecule has 3 rings (SSSR count). The Labute approximate surface area is 186 Å². The zero-order valence-electron chi connectivity index (χ0n) is 17.7. The second-order valence-corrected chi connectivity index (χ2v) is 9.29. The summed E-state index contributed by atoms with van der Waals surface area (Å²) in [5, 5.41) is 3.84. The van der Waals surface area contributed by atoms with E-state index in [2.05, 4.69) is 19.4 Å². The van der Waals surface area contributed by atoms with Crippen LogP contribution in [0, 0.1) is 0 Å². The largest absolute Gasteiger partial charge is 0.497 e. The Balaban J connectivity index is 1.57. The molecule has 0 spiro atoms. The van der Waals surface area contributed by atoms with Crippen LogP contribution in [0.5, 0.6) is 11.5 Å². The number of aromatic nitrogens is 2. The number of ether oxygens (including phenoxy) is 2. The molecule has 0 aliphatic heterocycles. The van der Waals surface area contributed by atoms with Gasteiger partial charge >= 0.3 is 0 Å². The molecule has 0 radical (unpaired) electrons. The first-order valence-corrected chi connectivity index (χ1v) is 12.0. The van der Waals surface area contributed by atoms with Gasteiger partial charge in [-0.15, -0.1) is 0 Å². The second-order valence-electron chi connectivity index (χ2n) is 6.83. The summed E-state index contributed by atoms with van der Waals surface area (Å²) in [7, 11) is -0.461. The molecule has 0 saturated heterocycles.